The third-order valence-electron chi connectivity index (χ3n) is 3.62. The molecule has 6 nitrogen and oxygen atoms in total. The highest BCUT2D eigenvalue weighted by Crippen LogP contribution is 2.33. The van der Waals surface area contributed by atoms with E-state index >= 15 is 0 Å². The molecule has 3 rings (SSSR count). The van der Waals surface area contributed by atoms with Gasteiger partial charge in [0.05, 0.1) is 26.1 Å². The molecule has 1 aromatic heterocycles. The summed E-state index contributed by atoms with van der Waals surface area (Å²) in [6.45, 7) is 0. The van der Waals surface area contributed by atoms with Crippen LogP contribution in [0.25, 0.3) is 16.9 Å². The van der Waals surface area contributed by atoms with Crippen LogP contribution in [-0.4, -0.2) is 35.4 Å². The van der Waals surface area contributed by atoms with E-state index in [1.54, 1.807) is 25.1 Å². The number of nitrogens with zero attached hydrogens (tertiary/aromatic N) is 3. The van der Waals surface area contributed by atoms with Crippen LogP contribution in [-0.2, 0) is 0 Å². The number of ether oxygens (including phenoxy) is 2. The van der Waals surface area contributed by atoms with Crippen LogP contribution in [0, 0.1) is 0 Å². The summed E-state index contributed by atoms with van der Waals surface area (Å²) in [5.74, 6) is 1.25. The summed E-state index contributed by atoms with van der Waals surface area (Å²) in [6, 6.07) is 15.3. The zero-order chi connectivity index (χ0) is 16.9. The Morgan fingerprint density at radius 2 is 1.79 bits per heavy atom. The fourth-order valence-electron chi connectivity index (χ4n) is 2.46. The Morgan fingerprint density at radius 3 is 2.46 bits per heavy atom. The number of hydrogen-bond donors (Lipinski definition) is 1. The van der Waals surface area contributed by atoms with Crippen LogP contribution in [0.15, 0.2) is 59.9 Å². The van der Waals surface area contributed by atoms with E-state index in [1.165, 1.54) is 6.21 Å². The van der Waals surface area contributed by atoms with Crippen molar-refractivity contribution in [3.05, 3.63) is 60.3 Å². The number of oxime groups is 1. The van der Waals surface area contributed by atoms with Gasteiger partial charge in [-0.2, -0.15) is 5.10 Å². The van der Waals surface area contributed by atoms with Gasteiger partial charge in [0.15, 0.2) is 11.5 Å². The summed E-state index contributed by atoms with van der Waals surface area (Å²) in [4.78, 5) is 0. The second-order valence-electron chi connectivity index (χ2n) is 5.03. The molecule has 24 heavy (non-hydrogen) atoms. The lowest BCUT2D eigenvalue weighted by Gasteiger charge is -2.08. The molecule has 0 unspecified atom stereocenters. The number of rotatable bonds is 5. The Balaban J connectivity index is 2.11. The first kappa shape index (κ1) is 15.6. The molecule has 0 aliphatic carbocycles. The minimum atomic E-state index is 0.608. The van der Waals surface area contributed by atoms with Crippen LogP contribution in [0.1, 0.15) is 5.56 Å². The normalized spacial score (nSPS) is 10.9. The quantitative estimate of drug-likeness (QED) is 0.444. The molecule has 0 radical (unpaired) electrons. The first-order valence-electron chi connectivity index (χ1n) is 7.31. The molecule has 0 saturated carbocycles. The van der Waals surface area contributed by atoms with Crippen molar-refractivity contribution in [2.24, 2.45) is 5.16 Å². The average molecular weight is 323 g/mol. The summed E-state index contributed by atoms with van der Waals surface area (Å²) in [5.41, 5.74) is 3.11. The van der Waals surface area contributed by atoms with Gasteiger partial charge in [-0.1, -0.05) is 23.4 Å². The van der Waals surface area contributed by atoms with Gasteiger partial charge in [0.25, 0.3) is 0 Å². The van der Waals surface area contributed by atoms with E-state index in [-0.39, 0.29) is 0 Å². The summed E-state index contributed by atoms with van der Waals surface area (Å²) >= 11 is 0. The molecule has 1 N–H and O–H groups in total. The molecule has 0 bridgehead atoms. The molecule has 0 fully saturated rings. The smallest absolute Gasteiger partial charge is 0.161 e. The van der Waals surface area contributed by atoms with Crippen molar-refractivity contribution in [1.29, 1.82) is 0 Å². The van der Waals surface area contributed by atoms with Crippen LogP contribution in [0.2, 0.25) is 0 Å². The van der Waals surface area contributed by atoms with Gasteiger partial charge in [-0.15, -0.1) is 0 Å². The molecule has 0 amide bonds. The van der Waals surface area contributed by atoms with E-state index in [9.17, 15) is 0 Å². The second kappa shape index (κ2) is 6.87. The Bertz CT molecular complexity index is 857. The van der Waals surface area contributed by atoms with Crippen molar-refractivity contribution in [3.63, 3.8) is 0 Å². The van der Waals surface area contributed by atoms with Crippen LogP contribution < -0.4 is 9.47 Å². The zero-order valence-corrected chi connectivity index (χ0v) is 13.4. The standard InChI is InChI=1S/C18H17N3O3/c1-23-16-9-8-13(10-17(16)24-2)18-14(11-19-22)12-21(20-18)15-6-4-3-5-7-15/h3-12,22H,1-2H3/b19-11-. The van der Waals surface area contributed by atoms with Crippen LogP contribution in [0.5, 0.6) is 11.5 Å². The number of aromatic nitrogens is 2. The van der Waals surface area contributed by atoms with Crippen molar-refractivity contribution in [2.45, 2.75) is 0 Å². The number of benzene rings is 2. The topological polar surface area (TPSA) is 68.9 Å². The largest absolute Gasteiger partial charge is 0.493 e. The Morgan fingerprint density at radius 1 is 1.04 bits per heavy atom. The van der Waals surface area contributed by atoms with E-state index in [4.69, 9.17) is 14.7 Å². The van der Waals surface area contributed by atoms with Gasteiger partial charge >= 0.3 is 0 Å². The third-order valence-corrected chi connectivity index (χ3v) is 3.62. The molecular formula is C18H17N3O3. The number of hydrogen-bond acceptors (Lipinski definition) is 5. The van der Waals surface area contributed by atoms with Crippen molar-refractivity contribution in [1.82, 2.24) is 9.78 Å². The minimum absolute atomic E-state index is 0.608. The SMILES string of the molecule is COc1ccc(-c2nn(-c3ccccc3)cc2/C=N\O)cc1OC. The molecular weight excluding hydrogens is 306 g/mol. The van der Waals surface area contributed by atoms with Crippen LogP contribution in [0.4, 0.5) is 0 Å². The molecule has 0 spiro atoms. The molecule has 3 aromatic rings. The molecule has 0 aliphatic heterocycles. The van der Waals surface area contributed by atoms with Gasteiger partial charge in [0, 0.05) is 17.3 Å². The minimum Gasteiger partial charge on any atom is -0.493 e. The van der Waals surface area contributed by atoms with Gasteiger partial charge in [-0.05, 0) is 30.3 Å². The average Bonchev–Trinajstić information content (AvgIpc) is 3.06. The summed E-state index contributed by atoms with van der Waals surface area (Å²) in [5, 5.41) is 16.7. The Labute approximate surface area is 139 Å². The molecule has 6 heteroatoms. The fourth-order valence-corrected chi connectivity index (χ4v) is 2.46. The number of para-hydroxylation sites is 1. The van der Waals surface area contributed by atoms with E-state index in [0.717, 1.165) is 11.3 Å². The lowest BCUT2D eigenvalue weighted by Crippen LogP contribution is -1.95. The van der Waals surface area contributed by atoms with Crippen molar-refractivity contribution >= 4 is 6.21 Å². The maximum atomic E-state index is 8.94. The van der Waals surface area contributed by atoms with Gasteiger partial charge < -0.3 is 14.7 Å². The molecule has 1 heterocycles. The van der Waals surface area contributed by atoms with Crippen molar-refractivity contribution in [3.8, 4) is 28.4 Å². The van der Waals surface area contributed by atoms with Crippen LogP contribution >= 0.6 is 0 Å². The highest BCUT2D eigenvalue weighted by molar-refractivity contribution is 5.88. The van der Waals surface area contributed by atoms with E-state index in [2.05, 4.69) is 10.3 Å². The van der Waals surface area contributed by atoms with Crippen molar-refractivity contribution < 1.29 is 14.7 Å². The summed E-state index contributed by atoms with van der Waals surface area (Å²) < 4.78 is 12.3. The van der Waals surface area contributed by atoms with Gasteiger partial charge in [-0.25, -0.2) is 4.68 Å². The summed E-state index contributed by atoms with van der Waals surface area (Å²) in [6.07, 6.45) is 3.17. The first-order valence-corrected chi connectivity index (χ1v) is 7.31. The van der Waals surface area contributed by atoms with E-state index in [1.807, 2.05) is 48.5 Å². The third kappa shape index (κ3) is 2.94. The first-order chi connectivity index (χ1) is 11.8. The monoisotopic (exact) mass is 323 g/mol. The molecule has 122 valence electrons. The maximum Gasteiger partial charge on any atom is 0.161 e. The molecule has 0 aliphatic rings. The van der Waals surface area contributed by atoms with Gasteiger partial charge in [-0.3, -0.25) is 0 Å². The van der Waals surface area contributed by atoms with Crippen molar-refractivity contribution in [2.75, 3.05) is 14.2 Å². The predicted molar refractivity (Wildman–Crippen MR) is 91.5 cm³/mol. The van der Waals surface area contributed by atoms with Gasteiger partial charge in [0.1, 0.15) is 5.69 Å². The summed E-state index contributed by atoms with van der Waals surface area (Å²) in [7, 11) is 3.17. The van der Waals surface area contributed by atoms with E-state index < -0.39 is 0 Å². The van der Waals surface area contributed by atoms with Gasteiger partial charge in [0.2, 0.25) is 0 Å². The molecule has 0 saturated heterocycles. The Hall–Kier alpha value is -3.28. The lowest BCUT2D eigenvalue weighted by molar-refractivity contribution is 0.322. The fraction of sp³-hybridized carbons (Fsp3) is 0.111. The highest BCUT2D eigenvalue weighted by Gasteiger charge is 2.14. The Kier molecular flexibility index (Phi) is 4.47. The molecule has 0 atom stereocenters. The molecule has 2 aromatic carbocycles. The lowest BCUT2D eigenvalue weighted by atomic mass is 10.1. The van der Waals surface area contributed by atoms with E-state index in [0.29, 0.717) is 22.8 Å². The zero-order valence-electron chi connectivity index (χ0n) is 13.4. The number of methoxy groups -OCH3 is 2. The maximum absolute atomic E-state index is 8.94. The second-order valence-corrected chi connectivity index (χ2v) is 5.03. The highest BCUT2D eigenvalue weighted by atomic mass is 16.5. The predicted octanol–water partition coefficient (Wildman–Crippen LogP) is 3.36. The van der Waals surface area contributed by atoms with Crippen LogP contribution in [0.3, 0.4) is 0 Å².